The van der Waals surface area contributed by atoms with Gasteiger partial charge in [0.1, 0.15) is 5.75 Å². The zero-order valence-electron chi connectivity index (χ0n) is 12.5. The van der Waals surface area contributed by atoms with Crippen molar-refractivity contribution in [1.29, 1.82) is 0 Å². The SMILES string of the molecule is COC(=O)c1ccc2c(c1)OC1(CCNCC1)c1cccn1-2. The van der Waals surface area contributed by atoms with Crippen LogP contribution in [-0.4, -0.2) is 30.7 Å². The summed E-state index contributed by atoms with van der Waals surface area (Å²) in [6.45, 7) is 1.86. The molecule has 5 nitrogen and oxygen atoms in total. The number of hydrogen-bond donors (Lipinski definition) is 1. The Kier molecular flexibility index (Phi) is 2.97. The number of methoxy groups -OCH3 is 1. The van der Waals surface area contributed by atoms with E-state index in [4.69, 9.17) is 9.47 Å². The normalized spacial score (nSPS) is 18.2. The Bertz CT molecular complexity index is 729. The van der Waals surface area contributed by atoms with E-state index in [2.05, 4.69) is 22.1 Å². The molecular formula is C17H18N2O3. The zero-order valence-corrected chi connectivity index (χ0v) is 12.5. The van der Waals surface area contributed by atoms with Crippen LogP contribution >= 0.6 is 0 Å². The number of nitrogens with one attached hydrogen (secondary N) is 1. The molecule has 22 heavy (non-hydrogen) atoms. The molecule has 4 rings (SSSR count). The maximum Gasteiger partial charge on any atom is 0.337 e. The number of esters is 1. The van der Waals surface area contributed by atoms with Crippen LogP contribution in [0.2, 0.25) is 0 Å². The molecule has 0 bridgehead atoms. The molecule has 0 unspecified atom stereocenters. The summed E-state index contributed by atoms with van der Waals surface area (Å²) in [6.07, 6.45) is 3.89. The highest BCUT2D eigenvalue weighted by Crippen LogP contribution is 2.44. The molecule has 1 aromatic heterocycles. The van der Waals surface area contributed by atoms with Gasteiger partial charge in [0, 0.05) is 19.0 Å². The summed E-state index contributed by atoms with van der Waals surface area (Å²) < 4.78 is 13.4. The second-order valence-corrected chi connectivity index (χ2v) is 5.78. The van der Waals surface area contributed by atoms with E-state index >= 15 is 0 Å². The molecule has 1 saturated heterocycles. The van der Waals surface area contributed by atoms with Gasteiger partial charge < -0.3 is 19.4 Å². The van der Waals surface area contributed by atoms with E-state index in [1.807, 2.05) is 12.1 Å². The molecule has 2 aliphatic heterocycles. The fraction of sp³-hybridized carbons (Fsp3) is 0.353. The lowest BCUT2D eigenvalue weighted by atomic mass is 9.87. The summed E-state index contributed by atoms with van der Waals surface area (Å²) in [7, 11) is 1.39. The number of carbonyl (C=O) groups is 1. The van der Waals surface area contributed by atoms with Gasteiger partial charge in [-0.3, -0.25) is 0 Å². The Morgan fingerprint density at radius 1 is 1.32 bits per heavy atom. The number of nitrogens with zero attached hydrogens (tertiary/aromatic N) is 1. The highest BCUT2D eigenvalue weighted by molar-refractivity contribution is 5.90. The van der Waals surface area contributed by atoms with Crippen LogP contribution in [0.1, 0.15) is 28.9 Å². The van der Waals surface area contributed by atoms with Crippen molar-refractivity contribution in [1.82, 2.24) is 9.88 Å². The minimum atomic E-state index is -0.343. The number of rotatable bonds is 1. The zero-order chi connectivity index (χ0) is 15.2. The number of aromatic nitrogens is 1. The molecule has 1 fully saturated rings. The summed E-state index contributed by atoms with van der Waals surface area (Å²) in [5.41, 5.74) is 2.36. The summed E-state index contributed by atoms with van der Waals surface area (Å²) in [6, 6.07) is 9.65. The van der Waals surface area contributed by atoms with Gasteiger partial charge in [-0.2, -0.15) is 0 Å². The van der Waals surface area contributed by atoms with E-state index in [1.54, 1.807) is 12.1 Å². The van der Waals surface area contributed by atoms with E-state index in [-0.39, 0.29) is 11.6 Å². The molecule has 114 valence electrons. The van der Waals surface area contributed by atoms with Gasteiger partial charge in [-0.25, -0.2) is 4.79 Å². The molecule has 1 spiro atoms. The summed E-state index contributed by atoms with van der Waals surface area (Å²) in [5.74, 6) is 0.401. The lowest BCUT2D eigenvalue weighted by Gasteiger charge is -2.42. The minimum Gasteiger partial charge on any atom is -0.479 e. The Balaban J connectivity index is 1.84. The van der Waals surface area contributed by atoms with Gasteiger partial charge in [-0.15, -0.1) is 0 Å². The minimum absolute atomic E-state index is 0.309. The van der Waals surface area contributed by atoms with Crippen LogP contribution in [0.15, 0.2) is 36.5 Å². The highest BCUT2D eigenvalue weighted by Gasteiger charge is 2.42. The monoisotopic (exact) mass is 298 g/mol. The predicted octanol–water partition coefficient (Wildman–Crippen LogP) is 2.23. The predicted molar refractivity (Wildman–Crippen MR) is 81.5 cm³/mol. The van der Waals surface area contributed by atoms with Gasteiger partial charge in [0.15, 0.2) is 5.60 Å². The van der Waals surface area contributed by atoms with E-state index in [0.29, 0.717) is 5.56 Å². The molecule has 1 N–H and O–H groups in total. The number of fused-ring (bicyclic) bond motifs is 4. The molecule has 0 radical (unpaired) electrons. The Morgan fingerprint density at radius 2 is 2.14 bits per heavy atom. The van der Waals surface area contributed by atoms with Crippen LogP contribution in [0.5, 0.6) is 5.75 Å². The van der Waals surface area contributed by atoms with Crippen molar-refractivity contribution in [2.75, 3.05) is 20.2 Å². The smallest absolute Gasteiger partial charge is 0.337 e. The van der Waals surface area contributed by atoms with Crippen LogP contribution in [-0.2, 0) is 10.3 Å². The molecule has 0 atom stereocenters. The first-order chi connectivity index (χ1) is 10.7. The molecule has 5 heteroatoms. The number of carbonyl (C=O) groups excluding carboxylic acids is 1. The Morgan fingerprint density at radius 3 is 2.91 bits per heavy atom. The summed E-state index contributed by atoms with van der Waals surface area (Å²) in [4.78, 5) is 11.8. The lowest BCUT2D eigenvalue weighted by Crippen LogP contribution is -2.46. The van der Waals surface area contributed by atoms with Gasteiger partial charge in [-0.05, 0) is 43.4 Å². The maximum atomic E-state index is 11.8. The third kappa shape index (κ3) is 1.85. The van der Waals surface area contributed by atoms with Crippen molar-refractivity contribution in [3.63, 3.8) is 0 Å². The average molecular weight is 298 g/mol. The molecule has 2 aliphatic rings. The van der Waals surface area contributed by atoms with Crippen LogP contribution in [0.4, 0.5) is 0 Å². The van der Waals surface area contributed by atoms with Gasteiger partial charge in [0.05, 0.1) is 24.1 Å². The quantitative estimate of drug-likeness (QED) is 0.820. The van der Waals surface area contributed by atoms with E-state index in [1.165, 1.54) is 12.8 Å². The van der Waals surface area contributed by atoms with Crippen LogP contribution in [0, 0.1) is 0 Å². The molecule has 2 aromatic rings. The number of hydrogen-bond acceptors (Lipinski definition) is 4. The van der Waals surface area contributed by atoms with E-state index in [0.717, 1.165) is 37.4 Å². The molecule has 3 heterocycles. The third-order valence-corrected chi connectivity index (χ3v) is 4.57. The molecule has 0 saturated carbocycles. The first-order valence-electron chi connectivity index (χ1n) is 7.54. The van der Waals surface area contributed by atoms with Crippen molar-refractivity contribution in [2.45, 2.75) is 18.4 Å². The van der Waals surface area contributed by atoms with Crippen molar-refractivity contribution in [3.8, 4) is 11.4 Å². The molecule has 1 aromatic carbocycles. The van der Waals surface area contributed by atoms with Gasteiger partial charge in [-0.1, -0.05) is 0 Å². The second-order valence-electron chi connectivity index (χ2n) is 5.78. The highest BCUT2D eigenvalue weighted by atomic mass is 16.5. The standard InChI is InChI=1S/C17H18N2O3/c1-21-16(20)12-4-5-13-14(11-12)22-17(6-8-18-9-7-17)15-3-2-10-19(13)15/h2-5,10-11,18H,6-9H2,1H3. The first-order valence-corrected chi connectivity index (χ1v) is 7.54. The molecule has 0 aliphatic carbocycles. The largest absolute Gasteiger partial charge is 0.479 e. The topological polar surface area (TPSA) is 52.5 Å². The average Bonchev–Trinajstić information content (AvgIpc) is 3.05. The first kappa shape index (κ1) is 13.4. The number of benzene rings is 1. The van der Waals surface area contributed by atoms with Crippen LogP contribution in [0.3, 0.4) is 0 Å². The van der Waals surface area contributed by atoms with E-state index in [9.17, 15) is 4.79 Å². The third-order valence-electron chi connectivity index (χ3n) is 4.57. The van der Waals surface area contributed by atoms with Crippen molar-refractivity contribution >= 4 is 5.97 Å². The number of ether oxygens (including phenoxy) is 2. The molecule has 0 amide bonds. The lowest BCUT2D eigenvalue weighted by molar-refractivity contribution is 0.0200. The van der Waals surface area contributed by atoms with Gasteiger partial charge >= 0.3 is 5.97 Å². The molecular weight excluding hydrogens is 280 g/mol. The van der Waals surface area contributed by atoms with Gasteiger partial charge in [0.2, 0.25) is 0 Å². The van der Waals surface area contributed by atoms with Crippen molar-refractivity contribution < 1.29 is 14.3 Å². The Hall–Kier alpha value is -2.27. The van der Waals surface area contributed by atoms with Crippen LogP contribution in [0.25, 0.3) is 5.69 Å². The van der Waals surface area contributed by atoms with Crippen molar-refractivity contribution in [3.05, 3.63) is 47.8 Å². The second kappa shape index (κ2) is 4.88. The summed E-state index contributed by atoms with van der Waals surface area (Å²) >= 11 is 0. The summed E-state index contributed by atoms with van der Waals surface area (Å²) in [5, 5.41) is 3.38. The van der Waals surface area contributed by atoms with E-state index < -0.39 is 0 Å². The fourth-order valence-electron chi connectivity index (χ4n) is 3.45. The van der Waals surface area contributed by atoms with Crippen LogP contribution < -0.4 is 10.1 Å². The van der Waals surface area contributed by atoms with Gasteiger partial charge in [0.25, 0.3) is 0 Å². The number of piperidine rings is 1. The van der Waals surface area contributed by atoms with Crippen molar-refractivity contribution in [2.24, 2.45) is 0 Å². The fourth-order valence-corrected chi connectivity index (χ4v) is 3.45. The maximum absolute atomic E-state index is 11.8. The Labute approximate surface area is 128 Å².